The molecule has 0 amide bonds. The minimum absolute atomic E-state index is 0.0630. The molecule has 1 aromatic rings. The van der Waals surface area contributed by atoms with E-state index in [-0.39, 0.29) is 34.8 Å². The molecule has 2 atom stereocenters. The Labute approximate surface area is 140 Å². The van der Waals surface area contributed by atoms with Crippen molar-refractivity contribution in [3.8, 4) is 0 Å². The standard InChI is InChI=1S/C17H23NO4S/c1-6-21-16(20)14-18-11(9-23-14)8-22-15(19)13-12(7-10(2)3)17(13,4)5/h7,9,12-13H,6,8H2,1-5H3/t12-,13+/m1/s1. The van der Waals surface area contributed by atoms with Crippen LogP contribution in [-0.4, -0.2) is 23.5 Å². The number of aromatic nitrogens is 1. The number of esters is 2. The number of hydrogen-bond acceptors (Lipinski definition) is 6. The van der Waals surface area contributed by atoms with E-state index in [0.717, 1.165) is 0 Å². The average molecular weight is 337 g/mol. The lowest BCUT2D eigenvalue weighted by Gasteiger charge is -2.03. The van der Waals surface area contributed by atoms with Crippen LogP contribution in [-0.2, 0) is 20.9 Å². The van der Waals surface area contributed by atoms with Gasteiger partial charge in [-0.15, -0.1) is 11.3 Å². The fourth-order valence-electron chi connectivity index (χ4n) is 2.69. The number of carbonyl (C=O) groups excluding carboxylic acids is 2. The Balaban J connectivity index is 1.91. The van der Waals surface area contributed by atoms with Crippen LogP contribution in [0.1, 0.15) is 50.1 Å². The van der Waals surface area contributed by atoms with Crippen LogP contribution in [0.15, 0.2) is 17.0 Å². The van der Waals surface area contributed by atoms with Crippen molar-refractivity contribution in [1.82, 2.24) is 4.98 Å². The Kier molecular flexibility index (Phi) is 5.24. The Morgan fingerprint density at radius 2 is 2.04 bits per heavy atom. The molecule has 0 radical (unpaired) electrons. The molecule has 23 heavy (non-hydrogen) atoms. The summed E-state index contributed by atoms with van der Waals surface area (Å²) >= 11 is 1.20. The number of thiazole rings is 1. The predicted octanol–water partition coefficient (Wildman–Crippen LogP) is 3.60. The van der Waals surface area contributed by atoms with Gasteiger partial charge in [0.25, 0.3) is 0 Å². The molecule has 6 heteroatoms. The van der Waals surface area contributed by atoms with Crippen molar-refractivity contribution in [2.75, 3.05) is 6.61 Å². The van der Waals surface area contributed by atoms with Crippen LogP contribution in [0.5, 0.6) is 0 Å². The molecule has 0 saturated heterocycles. The second-order valence-electron chi connectivity index (χ2n) is 6.54. The molecular weight excluding hydrogens is 314 g/mol. The fourth-order valence-corrected chi connectivity index (χ4v) is 3.39. The van der Waals surface area contributed by atoms with Gasteiger partial charge in [0.1, 0.15) is 6.61 Å². The molecule has 0 N–H and O–H groups in total. The van der Waals surface area contributed by atoms with Crippen molar-refractivity contribution in [1.29, 1.82) is 0 Å². The topological polar surface area (TPSA) is 65.5 Å². The molecule has 0 aliphatic heterocycles. The van der Waals surface area contributed by atoms with E-state index in [1.807, 2.05) is 13.8 Å². The summed E-state index contributed by atoms with van der Waals surface area (Å²) in [6.45, 7) is 10.4. The van der Waals surface area contributed by atoms with Crippen molar-refractivity contribution in [3.63, 3.8) is 0 Å². The maximum Gasteiger partial charge on any atom is 0.367 e. The second-order valence-corrected chi connectivity index (χ2v) is 7.40. The predicted molar refractivity (Wildman–Crippen MR) is 88.1 cm³/mol. The molecule has 126 valence electrons. The molecule has 1 aliphatic rings. The molecule has 1 fully saturated rings. The summed E-state index contributed by atoms with van der Waals surface area (Å²) in [7, 11) is 0. The van der Waals surface area contributed by atoms with Crippen molar-refractivity contribution in [2.45, 2.75) is 41.2 Å². The first-order chi connectivity index (χ1) is 10.8. The molecule has 0 aromatic carbocycles. The van der Waals surface area contributed by atoms with Gasteiger partial charge in [-0.3, -0.25) is 4.79 Å². The smallest absolute Gasteiger partial charge is 0.367 e. The van der Waals surface area contributed by atoms with E-state index >= 15 is 0 Å². The summed E-state index contributed by atoms with van der Waals surface area (Å²) in [5, 5.41) is 2.00. The van der Waals surface area contributed by atoms with Crippen molar-refractivity contribution in [2.24, 2.45) is 17.3 Å². The minimum atomic E-state index is -0.443. The normalized spacial score (nSPS) is 21.4. The maximum absolute atomic E-state index is 12.3. The highest BCUT2D eigenvalue weighted by Gasteiger charge is 2.61. The third kappa shape index (κ3) is 3.99. The van der Waals surface area contributed by atoms with Gasteiger partial charge in [-0.2, -0.15) is 0 Å². The first kappa shape index (κ1) is 17.7. The lowest BCUT2D eigenvalue weighted by atomic mass is 10.1. The maximum atomic E-state index is 12.3. The monoisotopic (exact) mass is 337 g/mol. The van der Waals surface area contributed by atoms with E-state index in [4.69, 9.17) is 9.47 Å². The average Bonchev–Trinajstić information content (AvgIpc) is 2.85. The van der Waals surface area contributed by atoms with E-state index in [1.54, 1.807) is 12.3 Å². The van der Waals surface area contributed by atoms with Crippen molar-refractivity contribution < 1.29 is 19.1 Å². The molecule has 5 nitrogen and oxygen atoms in total. The summed E-state index contributed by atoms with van der Waals surface area (Å²) in [6, 6.07) is 0. The van der Waals surface area contributed by atoms with Crippen LogP contribution >= 0.6 is 11.3 Å². The van der Waals surface area contributed by atoms with Gasteiger partial charge in [-0.1, -0.05) is 25.5 Å². The lowest BCUT2D eigenvalue weighted by Crippen LogP contribution is -2.11. The zero-order chi connectivity index (χ0) is 17.2. The van der Waals surface area contributed by atoms with E-state index in [2.05, 4.69) is 24.9 Å². The fraction of sp³-hybridized carbons (Fsp3) is 0.588. The van der Waals surface area contributed by atoms with Gasteiger partial charge in [-0.05, 0) is 32.1 Å². The van der Waals surface area contributed by atoms with E-state index in [0.29, 0.717) is 12.3 Å². The lowest BCUT2D eigenvalue weighted by molar-refractivity contribution is -0.147. The van der Waals surface area contributed by atoms with Crippen LogP contribution in [0.2, 0.25) is 0 Å². The SMILES string of the molecule is CCOC(=O)c1nc(COC(=O)[C@@H]2[C@@H](C=C(C)C)C2(C)C)cs1. The molecule has 1 aliphatic carbocycles. The van der Waals surface area contributed by atoms with E-state index in [9.17, 15) is 9.59 Å². The number of nitrogens with zero attached hydrogens (tertiary/aromatic N) is 1. The molecule has 0 bridgehead atoms. The highest BCUT2D eigenvalue weighted by molar-refractivity contribution is 7.11. The number of ether oxygens (including phenoxy) is 2. The van der Waals surface area contributed by atoms with Crippen molar-refractivity contribution in [3.05, 3.63) is 27.7 Å². The number of rotatable bonds is 6. The van der Waals surface area contributed by atoms with Crippen molar-refractivity contribution >= 4 is 23.3 Å². The van der Waals surface area contributed by atoms with Crippen LogP contribution in [0.4, 0.5) is 0 Å². The zero-order valence-corrected chi connectivity index (χ0v) is 15.0. The molecule has 1 heterocycles. The van der Waals surface area contributed by atoms with Crippen LogP contribution in [0.25, 0.3) is 0 Å². The van der Waals surface area contributed by atoms with Gasteiger partial charge in [0.2, 0.25) is 5.01 Å². The van der Waals surface area contributed by atoms with Gasteiger partial charge in [0.05, 0.1) is 18.2 Å². The second kappa shape index (κ2) is 6.83. The zero-order valence-electron chi connectivity index (χ0n) is 14.2. The van der Waals surface area contributed by atoms with Gasteiger partial charge >= 0.3 is 11.9 Å². The Hall–Kier alpha value is -1.69. The summed E-state index contributed by atoms with van der Waals surface area (Å²) in [4.78, 5) is 28.0. The summed E-state index contributed by atoms with van der Waals surface area (Å²) < 4.78 is 10.3. The van der Waals surface area contributed by atoms with E-state index < -0.39 is 5.97 Å². The van der Waals surface area contributed by atoms with E-state index in [1.165, 1.54) is 16.9 Å². The molecule has 0 unspecified atom stereocenters. The number of hydrogen-bond donors (Lipinski definition) is 0. The summed E-state index contributed by atoms with van der Waals surface area (Å²) in [5.74, 6) is -0.531. The van der Waals surface area contributed by atoms with Gasteiger partial charge in [-0.25, -0.2) is 9.78 Å². The molecule has 1 aromatic heterocycles. The van der Waals surface area contributed by atoms with Gasteiger partial charge in [0.15, 0.2) is 0 Å². The van der Waals surface area contributed by atoms with Crippen LogP contribution in [0.3, 0.4) is 0 Å². The van der Waals surface area contributed by atoms with Gasteiger partial charge in [0, 0.05) is 5.38 Å². The Bertz CT molecular complexity index is 628. The minimum Gasteiger partial charge on any atom is -0.461 e. The number of allylic oxidation sites excluding steroid dienone is 2. The largest absolute Gasteiger partial charge is 0.461 e. The number of carbonyl (C=O) groups is 2. The summed E-state index contributed by atoms with van der Waals surface area (Å²) in [5.41, 5.74) is 1.72. The molecular formula is C17H23NO4S. The third-order valence-corrected chi connectivity index (χ3v) is 4.91. The Morgan fingerprint density at radius 3 is 2.65 bits per heavy atom. The van der Waals surface area contributed by atoms with Crippen LogP contribution in [0, 0.1) is 17.3 Å². The highest BCUT2D eigenvalue weighted by Crippen LogP contribution is 2.59. The Morgan fingerprint density at radius 1 is 1.35 bits per heavy atom. The molecule has 1 saturated carbocycles. The van der Waals surface area contributed by atoms with Gasteiger partial charge < -0.3 is 9.47 Å². The molecule has 2 rings (SSSR count). The summed E-state index contributed by atoms with van der Waals surface area (Å²) in [6.07, 6.45) is 2.13. The molecule has 0 spiro atoms. The quantitative estimate of drug-likeness (QED) is 0.586. The third-order valence-electron chi connectivity index (χ3n) is 4.04. The first-order valence-electron chi connectivity index (χ1n) is 7.70. The van der Waals surface area contributed by atoms with Crippen LogP contribution < -0.4 is 0 Å². The highest BCUT2D eigenvalue weighted by atomic mass is 32.1. The first-order valence-corrected chi connectivity index (χ1v) is 8.58.